The SMILES string of the molecule is CCC(C)[N-]C(C)CC.CCC(C)[N-]C(C)CC.CCC(C)[N-]C(C)CC.C[SiH](C)[c-]1cccc1.[Hf+4]. The van der Waals surface area contributed by atoms with Crippen LogP contribution in [-0.4, -0.2) is 45.0 Å². The van der Waals surface area contributed by atoms with Gasteiger partial charge in [-0.05, 0) is 0 Å². The van der Waals surface area contributed by atoms with Crippen LogP contribution in [-0.2, 0) is 25.8 Å². The van der Waals surface area contributed by atoms with Crippen LogP contribution in [0.1, 0.15) is 122 Å². The summed E-state index contributed by atoms with van der Waals surface area (Å²) in [6, 6.07) is 12.0. The minimum absolute atomic E-state index is 0. The molecule has 0 aliphatic rings. The van der Waals surface area contributed by atoms with Gasteiger partial charge < -0.3 is 16.0 Å². The standard InChI is InChI=1S/3C8H18N.C7H11Si.Hf/c3*1-5-7(3)9-8(4)6-2;1-8(2)7-5-3-4-6-7;/h3*7-8H,5-6H2,1-4H3;3-6,8H,1-2H3;/q4*-1;+4. The summed E-state index contributed by atoms with van der Waals surface area (Å²) in [5.74, 6) is 0. The fourth-order valence-corrected chi connectivity index (χ4v) is 3.70. The largest absolute Gasteiger partial charge is 4.00 e. The maximum absolute atomic E-state index is 4.51. The van der Waals surface area contributed by atoms with Crippen LogP contribution in [0.4, 0.5) is 0 Å². The van der Waals surface area contributed by atoms with Gasteiger partial charge in [0, 0.05) is 8.80 Å². The molecule has 0 saturated carbocycles. The Labute approximate surface area is 249 Å². The molecule has 0 heterocycles. The van der Waals surface area contributed by atoms with Crippen molar-refractivity contribution in [1.29, 1.82) is 0 Å². The van der Waals surface area contributed by atoms with Crippen molar-refractivity contribution in [2.24, 2.45) is 0 Å². The summed E-state index contributed by atoms with van der Waals surface area (Å²) in [5.41, 5.74) is 0. The average Bonchev–Trinajstić information content (AvgIpc) is 3.40. The zero-order valence-corrected chi connectivity index (χ0v) is 31.7. The molecule has 3 nitrogen and oxygen atoms in total. The van der Waals surface area contributed by atoms with Crippen molar-refractivity contribution < 1.29 is 25.8 Å². The molecule has 5 heteroatoms. The molecule has 0 N–H and O–H groups in total. The third kappa shape index (κ3) is 30.5. The molecule has 1 rings (SSSR count). The van der Waals surface area contributed by atoms with Crippen molar-refractivity contribution in [2.75, 3.05) is 0 Å². The Balaban J connectivity index is -0.000000188. The minimum atomic E-state index is -0.480. The summed E-state index contributed by atoms with van der Waals surface area (Å²) >= 11 is 0. The van der Waals surface area contributed by atoms with E-state index in [0.717, 1.165) is 0 Å². The third-order valence-corrected chi connectivity index (χ3v) is 8.15. The topological polar surface area (TPSA) is 42.3 Å². The van der Waals surface area contributed by atoms with E-state index in [9.17, 15) is 0 Å². The van der Waals surface area contributed by atoms with Crippen LogP contribution < -0.4 is 5.19 Å². The first-order valence-electron chi connectivity index (χ1n) is 14.7. The van der Waals surface area contributed by atoms with Gasteiger partial charge in [0.05, 0.1) is 0 Å². The van der Waals surface area contributed by atoms with E-state index in [4.69, 9.17) is 0 Å². The first kappa shape index (κ1) is 43.4. The molecule has 0 bridgehead atoms. The first-order chi connectivity index (χ1) is 16.4. The van der Waals surface area contributed by atoms with E-state index in [0.29, 0.717) is 36.3 Å². The predicted molar refractivity (Wildman–Crippen MR) is 169 cm³/mol. The molecular weight excluding hydrogens is 621 g/mol. The van der Waals surface area contributed by atoms with Gasteiger partial charge in [-0.3, -0.25) is 0 Å². The van der Waals surface area contributed by atoms with Crippen LogP contribution in [0.3, 0.4) is 0 Å². The van der Waals surface area contributed by atoms with Crippen molar-refractivity contribution in [1.82, 2.24) is 0 Å². The van der Waals surface area contributed by atoms with Crippen LogP contribution >= 0.6 is 0 Å². The second-order valence-electron chi connectivity index (χ2n) is 10.4. The zero-order valence-electron chi connectivity index (χ0n) is 26.9. The monoisotopic (exact) mass is 687 g/mol. The Hall–Kier alpha value is 0.317. The van der Waals surface area contributed by atoms with E-state index in [1.807, 2.05) is 0 Å². The van der Waals surface area contributed by atoms with Crippen LogP contribution in [0.2, 0.25) is 13.1 Å². The maximum atomic E-state index is 4.51. The molecule has 36 heavy (non-hydrogen) atoms. The molecule has 1 aromatic carbocycles. The number of hydrogen-bond acceptors (Lipinski definition) is 0. The van der Waals surface area contributed by atoms with Gasteiger partial charge in [-0.15, -0.1) is 36.3 Å². The normalized spacial score (nSPS) is 15.3. The molecule has 0 saturated heterocycles. The third-order valence-electron chi connectivity index (χ3n) is 6.43. The van der Waals surface area contributed by atoms with Crippen molar-refractivity contribution in [3.05, 3.63) is 40.2 Å². The van der Waals surface area contributed by atoms with Crippen molar-refractivity contribution in [3.63, 3.8) is 0 Å². The number of nitrogens with zero attached hydrogens (tertiary/aromatic N) is 3. The second-order valence-corrected chi connectivity index (χ2v) is 13.3. The summed E-state index contributed by atoms with van der Waals surface area (Å²) < 4.78 is 0. The molecule has 1 aromatic rings. The average molecular weight is 686 g/mol. The number of hydrogen-bond donors (Lipinski definition) is 0. The van der Waals surface area contributed by atoms with Gasteiger partial charge in [-0.1, -0.05) is 135 Å². The summed E-state index contributed by atoms with van der Waals surface area (Å²) in [5, 5.41) is 15.1. The second kappa shape index (κ2) is 29.9. The molecule has 6 atom stereocenters. The molecule has 0 aliphatic heterocycles. The van der Waals surface area contributed by atoms with Gasteiger partial charge in [0.15, 0.2) is 0 Å². The fraction of sp³-hybridized carbons (Fsp3) is 0.839. The van der Waals surface area contributed by atoms with E-state index < -0.39 is 8.80 Å². The summed E-state index contributed by atoms with van der Waals surface area (Å²) in [6.07, 6.45) is 7.03. The van der Waals surface area contributed by atoms with E-state index in [1.165, 1.54) is 38.5 Å². The summed E-state index contributed by atoms with van der Waals surface area (Å²) in [4.78, 5) is 0. The van der Waals surface area contributed by atoms with Crippen LogP contribution in [0.5, 0.6) is 0 Å². The van der Waals surface area contributed by atoms with E-state index in [1.54, 1.807) is 5.19 Å². The molecule has 0 spiro atoms. The zero-order chi connectivity index (χ0) is 27.8. The molecule has 0 aromatic heterocycles. The Morgan fingerprint density at radius 3 is 0.806 bits per heavy atom. The van der Waals surface area contributed by atoms with Gasteiger partial charge in [-0.25, -0.2) is 12.1 Å². The smallest absolute Gasteiger partial charge is 0.657 e. The molecule has 0 radical (unpaired) electrons. The Morgan fingerprint density at radius 1 is 0.500 bits per heavy atom. The molecule has 212 valence electrons. The van der Waals surface area contributed by atoms with E-state index >= 15 is 0 Å². The first-order valence-corrected chi connectivity index (χ1v) is 17.6. The van der Waals surface area contributed by atoms with Gasteiger partial charge in [-0.2, -0.15) is 17.3 Å². The van der Waals surface area contributed by atoms with Crippen LogP contribution in [0.25, 0.3) is 16.0 Å². The van der Waals surface area contributed by atoms with E-state index in [-0.39, 0.29) is 25.8 Å². The van der Waals surface area contributed by atoms with Gasteiger partial charge in [0.25, 0.3) is 0 Å². The van der Waals surface area contributed by atoms with Gasteiger partial charge in [0.1, 0.15) is 0 Å². The fourth-order valence-electron chi connectivity index (χ4n) is 2.71. The van der Waals surface area contributed by atoms with Crippen molar-refractivity contribution in [3.8, 4) is 0 Å². The Kier molecular flexibility index (Phi) is 36.0. The summed E-state index contributed by atoms with van der Waals surface area (Å²) in [6.45, 7) is 30.8. The maximum Gasteiger partial charge on any atom is 4.00 e. The van der Waals surface area contributed by atoms with Crippen molar-refractivity contribution >= 4 is 14.0 Å². The van der Waals surface area contributed by atoms with Crippen LogP contribution in [0.15, 0.2) is 24.3 Å². The van der Waals surface area contributed by atoms with Crippen molar-refractivity contribution in [2.45, 2.75) is 171 Å². The van der Waals surface area contributed by atoms with E-state index in [2.05, 4.69) is 136 Å². The Bertz CT molecular complexity index is 443. The quantitative estimate of drug-likeness (QED) is 0.147. The molecule has 0 aliphatic carbocycles. The minimum Gasteiger partial charge on any atom is -0.657 e. The number of rotatable bonds is 13. The predicted octanol–water partition coefficient (Wildman–Crippen LogP) is 9.97. The Morgan fingerprint density at radius 2 is 0.694 bits per heavy atom. The molecule has 0 fully saturated rings. The summed E-state index contributed by atoms with van der Waals surface area (Å²) in [7, 11) is -0.480. The van der Waals surface area contributed by atoms with Crippen LogP contribution in [0, 0.1) is 0 Å². The van der Waals surface area contributed by atoms with Gasteiger partial charge in [0.2, 0.25) is 0 Å². The molecule has 6 unspecified atom stereocenters. The molecule has 0 amide bonds. The van der Waals surface area contributed by atoms with Gasteiger partial charge >= 0.3 is 25.8 Å². The molecular formula is C31H65HfN3Si.